The Morgan fingerprint density at radius 1 is 1.56 bits per heavy atom. The summed E-state index contributed by atoms with van der Waals surface area (Å²) in [6.45, 7) is 0. The monoisotopic (exact) mass is 349 g/mol. The molecule has 0 saturated heterocycles. The van der Waals surface area contributed by atoms with Crippen LogP contribution in [-0.4, -0.2) is 19.3 Å². The summed E-state index contributed by atoms with van der Waals surface area (Å²) in [7, 11) is -2.49. The van der Waals surface area contributed by atoms with E-state index in [1.807, 2.05) is 6.07 Å². The van der Waals surface area contributed by atoms with Gasteiger partial charge in [-0.25, -0.2) is 0 Å². The number of hydrogen-bond donors (Lipinski definition) is 1. The molecule has 0 atom stereocenters. The molecule has 86 valence electrons. The Bertz CT molecular complexity index is 501. The van der Waals surface area contributed by atoms with Gasteiger partial charge < -0.3 is 10.2 Å². The summed E-state index contributed by atoms with van der Waals surface area (Å²) in [6, 6.07) is 4.02. The average molecular weight is 351 g/mol. The third-order valence-electron chi connectivity index (χ3n) is 2.22. The van der Waals surface area contributed by atoms with E-state index in [4.69, 9.17) is 8.85 Å². The van der Waals surface area contributed by atoms with Crippen LogP contribution in [0.2, 0.25) is 0 Å². The van der Waals surface area contributed by atoms with E-state index in [2.05, 4.69) is 42.4 Å². The lowest BCUT2D eigenvalue weighted by atomic mass is 10.2. The average Bonchev–Trinajstić information content (AvgIpc) is 3.10. The summed E-state index contributed by atoms with van der Waals surface area (Å²) in [5, 5.41) is 4.12. The molecule has 2 rings (SSSR count). The van der Waals surface area contributed by atoms with E-state index < -0.39 is 7.04 Å². The molecule has 1 N–H and O–H groups in total. The molecule has 1 aromatic rings. The van der Waals surface area contributed by atoms with E-state index in [0.29, 0.717) is 15.0 Å². The highest BCUT2D eigenvalue weighted by Crippen LogP contribution is 2.35. The van der Waals surface area contributed by atoms with E-state index >= 15 is 0 Å². The number of hydrazone groups is 1. The molecular weight excluding hydrogens is 336 g/mol. The van der Waals surface area contributed by atoms with E-state index in [9.17, 15) is 0 Å². The quantitative estimate of drug-likeness (QED) is 0.667. The minimum atomic E-state index is -2.49. The number of halogens is 2. The van der Waals surface area contributed by atoms with Crippen molar-refractivity contribution >= 4 is 38.1 Å². The lowest BCUT2D eigenvalue weighted by Crippen LogP contribution is -2.07. The van der Waals surface area contributed by atoms with Crippen LogP contribution in [-0.2, 0) is 0 Å². The van der Waals surface area contributed by atoms with Gasteiger partial charge in [0.1, 0.15) is 5.75 Å². The lowest BCUT2D eigenvalue weighted by molar-refractivity contribution is 0.409. The maximum Gasteiger partial charge on any atom is 0.147 e. The normalized spacial score (nSPS) is 19.0. The maximum absolute atomic E-state index is 7.16. The molecule has 1 fully saturated rings. The van der Waals surface area contributed by atoms with E-state index in [0.717, 1.165) is 18.4 Å². The first-order valence-electron chi connectivity index (χ1n) is 6.32. The highest BCUT2D eigenvalue weighted by Gasteiger charge is 2.19. The van der Waals surface area contributed by atoms with E-state index in [-0.39, 0.29) is 5.75 Å². The first kappa shape index (κ1) is 8.53. The molecular formula is C11H12Br2N2O. The fraction of sp³-hybridized carbons (Fsp3) is 0.364. The fourth-order valence-corrected chi connectivity index (χ4v) is 2.37. The van der Waals surface area contributed by atoms with Crippen LogP contribution < -0.4 is 10.2 Å². The summed E-state index contributed by atoms with van der Waals surface area (Å²) in [6.07, 6.45) is 3.93. The Morgan fingerprint density at radius 3 is 3.06 bits per heavy atom. The van der Waals surface area contributed by atoms with Crippen molar-refractivity contribution in [2.75, 3.05) is 7.04 Å². The molecule has 5 heteroatoms. The fourth-order valence-electron chi connectivity index (χ4n) is 1.17. The van der Waals surface area contributed by atoms with Crippen LogP contribution in [0.15, 0.2) is 26.2 Å². The summed E-state index contributed by atoms with van der Waals surface area (Å²) >= 11 is 6.61. The molecule has 16 heavy (non-hydrogen) atoms. The Balaban J connectivity index is 2.19. The zero-order valence-electron chi connectivity index (χ0n) is 11.3. The summed E-state index contributed by atoms with van der Waals surface area (Å²) in [5.74, 6) is 0.246. The van der Waals surface area contributed by atoms with Crippen molar-refractivity contribution < 1.29 is 8.85 Å². The Morgan fingerprint density at radius 2 is 2.38 bits per heavy atom. The highest BCUT2D eigenvalue weighted by molar-refractivity contribution is 9.11. The minimum Gasteiger partial charge on any atom is -0.494 e. The molecule has 3 nitrogen and oxygen atoms in total. The van der Waals surface area contributed by atoms with Crippen LogP contribution in [0, 0.1) is 0 Å². The van der Waals surface area contributed by atoms with Crippen molar-refractivity contribution in [3.05, 3.63) is 26.6 Å². The van der Waals surface area contributed by atoms with E-state index in [1.54, 1.807) is 12.3 Å². The molecule has 0 aliphatic heterocycles. The number of benzene rings is 1. The number of nitrogens with one attached hydrogen (secondary N) is 1. The van der Waals surface area contributed by atoms with Gasteiger partial charge in [0, 0.05) is 11.6 Å². The van der Waals surface area contributed by atoms with Gasteiger partial charge in [0.15, 0.2) is 0 Å². The summed E-state index contributed by atoms with van der Waals surface area (Å²) in [5.41, 5.74) is 3.75. The maximum atomic E-state index is 7.16. The molecule has 0 amide bonds. The van der Waals surface area contributed by atoms with Crippen LogP contribution in [0.25, 0.3) is 0 Å². The van der Waals surface area contributed by atoms with Crippen LogP contribution in [0.4, 0.5) is 0 Å². The number of rotatable bonds is 4. The third kappa shape index (κ3) is 2.77. The van der Waals surface area contributed by atoms with E-state index in [1.165, 1.54) is 0 Å². The van der Waals surface area contributed by atoms with Gasteiger partial charge in [-0.1, -0.05) is 6.07 Å². The van der Waals surface area contributed by atoms with Gasteiger partial charge >= 0.3 is 0 Å². The molecule has 0 unspecified atom stereocenters. The van der Waals surface area contributed by atoms with Gasteiger partial charge in [0.25, 0.3) is 0 Å². The molecule has 0 spiro atoms. The van der Waals surface area contributed by atoms with Gasteiger partial charge in [0.2, 0.25) is 0 Å². The predicted octanol–water partition coefficient (Wildman–Crippen LogP) is 3.31. The largest absolute Gasteiger partial charge is 0.494 e. The number of methoxy groups -OCH3 is 1. The second-order valence-electron chi connectivity index (χ2n) is 3.54. The summed E-state index contributed by atoms with van der Waals surface area (Å²) in [4.78, 5) is 0. The Hall–Kier alpha value is -0.550. The second kappa shape index (κ2) is 5.19. The van der Waals surface area contributed by atoms with Crippen LogP contribution in [0.5, 0.6) is 5.75 Å². The van der Waals surface area contributed by atoms with Crippen molar-refractivity contribution in [3.8, 4) is 5.75 Å². The van der Waals surface area contributed by atoms with Crippen LogP contribution >= 0.6 is 31.9 Å². The molecule has 0 radical (unpaired) electrons. The molecule has 0 heterocycles. The van der Waals surface area contributed by atoms with Gasteiger partial charge in [-0.2, -0.15) is 5.10 Å². The Kier molecular flexibility index (Phi) is 2.76. The predicted molar refractivity (Wildman–Crippen MR) is 72.1 cm³/mol. The first-order chi connectivity index (χ1) is 8.87. The topological polar surface area (TPSA) is 33.6 Å². The molecule has 1 aliphatic rings. The minimum absolute atomic E-state index is 0.246. The number of hydrogen-bond acceptors (Lipinski definition) is 3. The smallest absolute Gasteiger partial charge is 0.147 e. The standard InChI is InChI=1S/C11H12Br2N2O/c1-16-11-9(12)5-2-7(10(11)13)6-14-15-8-3-4-8/h2,5-6,8,15H,3-4H2,1H3/b14-6+/i1D3. The molecule has 1 saturated carbocycles. The van der Waals surface area contributed by atoms with Gasteiger partial charge in [0.05, 0.1) is 26.3 Å². The highest BCUT2D eigenvalue weighted by atomic mass is 79.9. The lowest BCUT2D eigenvalue weighted by Gasteiger charge is -2.07. The molecule has 0 bridgehead atoms. The van der Waals surface area contributed by atoms with Crippen molar-refractivity contribution in [1.29, 1.82) is 0 Å². The number of nitrogens with zero attached hydrogens (tertiary/aromatic N) is 1. The van der Waals surface area contributed by atoms with Crippen LogP contribution in [0.3, 0.4) is 0 Å². The zero-order valence-corrected chi connectivity index (χ0v) is 11.5. The van der Waals surface area contributed by atoms with Crippen molar-refractivity contribution in [3.63, 3.8) is 0 Å². The second-order valence-corrected chi connectivity index (χ2v) is 5.19. The molecule has 1 aliphatic carbocycles. The van der Waals surface area contributed by atoms with Gasteiger partial charge in [-0.15, -0.1) is 0 Å². The van der Waals surface area contributed by atoms with Crippen LogP contribution in [0.1, 0.15) is 22.5 Å². The third-order valence-corrected chi connectivity index (χ3v) is 3.66. The first-order valence-corrected chi connectivity index (χ1v) is 6.41. The van der Waals surface area contributed by atoms with Gasteiger partial charge in [-0.05, 0) is 50.8 Å². The molecule has 1 aromatic carbocycles. The SMILES string of the molecule is [2H]C([2H])([2H])Oc1c(Br)ccc(/C=N/NC2CC2)c1Br. The number of ether oxygens (including phenoxy) is 1. The zero-order chi connectivity index (χ0) is 14.0. The van der Waals surface area contributed by atoms with Crippen molar-refractivity contribution in [2.24, 2.45) is 5.10 Å². The van der Waals surface area contributed by atoms with Crippen molar-refractivity contribution in [1.82, 2.24) is 5.43 Å². The van der Waals surface area contributed by atoms with Crippen molar-refractivity contribution in [2.45, 2.75) is 18.9 Å². The Labute approximate surface area is 116 Å². The van der Waals surface area contributed by atoms with Gasteiger partial charge in [-0.3, -0.25) is 0 Å². The summed E-state index contributed by atoms with van der Waals surface area (Å²) < 4.78 is 27.6. The molecule has 0 aromatic heterocycles.